The molecule has 1 aromatic rings. The molecule has 1 heterocycles. The quantitative estimate of drug-likeness (QED) is 0.648. The molecule has 0 aliphatic carbocycles. The van der Waals surface area contributed by atoms with Crippen LogP contribution < -0.4 is 5.32 Å². The van der Waals surface area contributed by atoms with E-state index >= 15 is 0 Å². The topological polar surface area (TPSA) is 102 Å². The smallest absolute Gasteiger partial charge is 0.338 e. The molecule has 1 aromatic carbocycles. The molecule has 0 aromatic heterocycles. The Balaban J connectivity index is 2.33. The molecule has 1 saturated heterocycles. The highest BCUT2D eigenvalue weighted by atomic mass is 19.1. The Hall–Kier alpha value is -2.22. The van der Waals surface area contributed by atoms with Crippen molar-refractivity contribution in [3.63, 3.8) is 0 Å². The summed E-state index contributed by atoms with van der Waals surface area (Å²) in [5, 5.41) is 22.6. The van der Waals surface area contributed by atoms with Crippen LogP contribution in [0.4, 0.5) is 15.8 Å². The molecule has 2 rings (SSSR count). The minimum atomic E-state index is -1.54. The van der Waals surface area contributed by atoms with Gasteiger partial charge >= 0.3 is 5.97 Å². The third-order valence-electron chi connectivity index (χ3n) is 3.09. The third-order valence-corrected chi connectivity index (χ3v) is 3.09. The van der Waals surface area contributed by atoms with Crippen LogP contribution in [0, 0.1) is 15.9 Å². The molecule has 1 aliphatic heterocycles. The van der Waals surface area contributed by atoms with E-state index in [9.17, 15) is 19.3 Å². The summed E-state index contributed by atoms with van der Waals surface area (Å²) >= 11 is 0. The van der Waals surface area contributed by atoms with Crippen LogP contribution in [0.1, 0.15) is 23.2 Å². The van der Waals surface area contributed by atoms with Gasteiger partial charge in [-0.1, -0.05) is 0 Å². The summed E-state index contributed by atoms with van der Waals surface area (Å²) in [5.74, 6) is -2.54. The molecule has 108 valence electrons. The van der Waals surface area contributed by atoms with Gasteiger partial charge in [0.15, 0.2) is 0 Å². The first kappa shape index (κ1) is 14.2. The number of anilines is 1. The van der Waals surface area contributed by atoms with Crippen molar-refractivity contribution in [3.8, 4) is 0 Å². The fourth-order valence-corrected chi connectivity index (χ4v) is 2.05. The van der Waals surface area contributed by atoms with E-state index in [4.69, 9.17) is 9.84 Å². The molecule has 0 radical (unpaired) electrons. The second-order valence-electron chi connectivity index (χ2n) is 4.44. The number of benzene rings is 1. The van der Waals surface area contributed by atoms with Crippen LogP contribution >= 0.6 is 0 Å². The lowest BCUT2D eigenvalue weighted by Crippen LogP contribution is -2.28. The maximum atomic E-state index is 13.6. The van der Waals surface area contributed by atoms with Crippen molar-refractivity contribution in [1.29, 1.82) is 0 Å². The number of carbonyl (C=O) groups is 1. The summed E-state index contributed by atoms with van der Waals surface area (Å²) in [5.41, 5.74) is -1.17. The van der Waals surface area contributed by atoms with E-state index < -0.39 is 28.0 Å². The number of rotatable bonds is 4. The number of nitrogens with zero attached hydrogens (tertiary/aromatic N) is 1. The average molecular weight is 284 g/mol. The molecule has 1 aliphatic rings. The molecule has 2 N–H and O–H groups in total. The van der Waals surface area contributed by atoms with Gasteiger partial charge in [-0.25, -0.2) is 9.18 Å². The molecule has 7 nitrogen and oxygen atoms in total. The van der Waals surface area contributed by atoms with Gasteiger partial charge in [-0.3, -0.25) is 10.1 Å². The van der Waals surface area contributed by atoms with Crippen LogP contribution in [-0.4, -0.2) is 35.3 Å². The van der Waals surface area contributed by atoms with Gasteiger partial charge in [0.25, 0.3) is 5.69 Å². The van der Waals surface area contributed by atoms with E-state index in [1.54, 1.807) is 0 Å². The molecule has 0 atom stereocenters. The number of halogens is 1. The van der Waals surface area contributed by atoms with Crippen molar-refractivity contribution >= 4 is 17.3 Å². The Morgan fingerprint density at radius 1 is 1.45 bits per heavy atom. The minimum Gasteiger partial charge on any atom is -0.478 e. The van der Waals surface area contributed by atoms with Crippen molar-refractivity contribution in [1.82, 2.24) is 0 Å². The second kappa shape index (κ2) is 5.83. The standard InChI is InChI=1S/C12H13FN2O5/c13-9-6-10(14-7-1-3-20-4-2-7)11(15(18)19)5-8(9)12(16)17/h5-7,14H,1-4H2,(H,16,17). The monoisotopic (exact) mass is 284 g/mol. The Labute approximate surface area is 113 Å². The Kier molecular flexibility index (Phi) is 4.14. The molecule has 1 fully saturated rings. The van der Waals surface area contributed by atoms with E-state index in [2.05, 4.69) is 5.32 Å². The number of carboxylic acids is 1. The number of ether oxygens (including phenoxy) is 1. The largest absolute Gasteiger partial charge is 0.478 e. The van der Waals surface area contributed by atoms with Gasteiger partial charge in [-0.2, -0.15) is 0 Å². The summed E-state index contributed by atoms with van der Waals surface area (Å²) in [6.07, 6.45) is 1.30. The predicted molar refractivity (Wildman–Crippen MR) is 67.5 cm³/mol. The highest BCUT2D eigenvalue weighted by Gasteiger charge is 2.24. The first-order valence-corrected chi connectivity index (χ1v) is 6.04. The van der Waals surface area contributed by atoms with Crippen LogP contribution in [-0.2, 0) is 4.74 Å². The van der Waals surface area contributed by atoms with Crippen LogP contribution in [0.15, 0.2) is 12.1 Å². The van der Waals surface area contributed by atoms with Gasteiger partial charge in [0.1, 0.15) is 17.1 Å². The minimum absolute atomic E-state index is 0.00981. The maximum absolute atomic E-state index is 13.6. The summed E-state index contributed by atoms with van der Waals surface area (Å²) in [6.45, 7) is 1.06. The van der Waals surface area contributed by atoms with Gasteiger partial charge in [0.2, 0.25) is 0 Å². The number of nitrogens with one attached hydrogen (secondary N) is 1. The normalized spacial score (nSPS) is 15.8. The van der Waals surface area contributed by atoms with Crippen molar-refractivity contribution in [2.24, 2.45) is 0 Å². The zero-order valence-electron chi connectivity index (χ0n) is 10.5. The van der Waals surface area contributed by atoms with Crippen LogP contribution in [0.5, 0.6) is 0 Å². The molecule has 0 amide bonds. The van der Waals surface area contributed by atoms with Gasteiger partial charge in [-0.15, -0.1) is 0 Å². The summed E-state index contributed by atoms with van der Waals surface area (Å²) < 4.78 is 18.8. The first-order chi connectivity index (χ1) is 9.49. The fraction of sp³-hybridized carbons (Fsp3) is 0.417. The molecule has 20 heavy (non-hydrogen) atoms. The number of nitro benzene ring substituents is 1. The van der Waals surface area contributed by atoms with E-state index in [0.717, 1.165) is 12.1 Å². The Morgan fingerprint density at radius 2 is 2.10 bits per heavy atom. The maximum Gasteiger partial charge on any atom is 0.338 e. The SMILES string of the molecule is O=C(O)c1cc([N+](=O)[O-])c(NC2CCOCC2)cc1F. The lowest BCUT2D eigenvalue weighted by Gasteiger charge is -2.24. The molecule has 0 saturated carbocycles. The van der Waals surface area contributed by atoms with Crippen molar-refractivity contribution < 1.29 is 24.0 Å². The molecule has 8 heteroatoms. The average Bonchev–Trinajstić information content (AvgIpc) is 2.39. The molecule has 0 bridgehead atoms. The molecular weight excluding hydrogens is 271 g/mol. The number of aromatic carboxylic acids is 1. The highest BCUT2D eigenvalue weighted by molar-refractivity contribution is 5.90. The van der Waals surface area contributed by atoms with Crippen LogP contribution in [0.25, 0.3) is 0 Å². The van der Waals surface area contributed by atoms with E-state index in [0.29, 0.717) is 26.1 Å². The molecule has 0 unspecified atom stereocenters. The van der Waals surface area contributed by atoms with Crippen molar-refractivity contribution in [3.05, 3.63) is 33.6 Å². The highest BCUT2D eigenvalue weighted by Crippen LogP contribution is 2.29. The van der Waals surface area contributed by atoms with Gasteiger partial charge < -0.3 is 15.2 Å². The fourth-order valence-electron chi connectivity index (χ4n) is 2.05. The van der Waals surface area contributed by atoms with Gasteiger partial charge in [0, 0.05) is 31.4 Å². The number of carboxylic acid groups (broad SMARTS) is 1. The lowest BCUT2D eigenvalue weighted by molar-refractivity contribution is -0.384. The summed E-state index contributed by atoms with van der Waals surface area (Å²) in [6, 6.07) is 1.54. The molecule has 0 spiro atoms. The van der Waals surface area contributed by atoms with E-state index in [-0.39, 0.29) is 11.7 Å². The van der Waals surface area contributed by atoms with E-state index in [1.165, 1.54) is 0 Å². The molecular formula is C12H13FN2O5. The zero-order chi connectivity index (χ0) is 14.7. The second-order valence-corrected chi connectivity index (χ2v) is 4.44. The number of hydrogen-bond acceptors (Lipinski definition) is 5. The van der Waals surface area contributed by atoms with Crippen molar-refractivity contribution in [2.75, 3.05) is 18.5 Å². The lowest BCUT2D eigenvalue weighted by atomic mass is 10.1. The Bertz CT molecular complexity index is 543. The van der Waals surface area contributed by atoms with Gasteiger partial charge in [-0.05, 0) is 12.8 Å². The zero-order valence-corrected chi connectivity index (χ0v) is 10.5. The van der Waals surface area contributed by atoms with Crippen LogP contribution in [0.2, 0.25) is 0 Å². The summed E-state index contributed by atoms with van der Waals surface area (Å²) in [7, 11) is 0. The number of hydrogen-bond donors (Lipinski definition) is 2. The summed E-state index contributed by atoms with van der Waals surface area (Å²) in [4.78, 5) is 21.0. The van der Waals surface area contributed by atoms with Crippen molar-refractivity contribution in [2.45, 2.75) is 18.9 Å². The predicted octanol–water partition coefficient (Wildman–Crippen LogP) is 2.02. The third kappa shape index (κ3) is 3.02. The Morgan fingerprint density at radius 3 is 2.65 bits per heavy atom. The van der Waals surface area contributed by atoms with Gasteiger partial charge in [0.05, 0.1) is 4.92 Å². The van der Waals surface area contributed by atoms with Crippen LogP contribution in [0.3, 0.4) is 0 Å². The number of nitro groups is 1. The first-order valence-electron chi connectivity index (χ1n) is 6.04. The van der Waals surface area contributed by atoms with E-state index in [1.807, 2.05) is 0 Å².